The molecular weight excluding hydrogens is 757 g/mol. The first-order chi connectivity index (χ1) is 30.5. The third-order valence-corrected chi connectivity index (χ3v) is 15.1. The van der Waals surface area contributed by atoms with Crippen LogP contribution in [0.2, 0.25) is 0 Å². The highest BCUT2D eigenvalue weighted by molar-refractivity contribution is 5.91. The topological polar surface area (TPSA) is 0 Å². The maximum Gasteiger partial charge on any atom is 0.0159 e. The summed E-state index contributed by atoms with van der Waals surface area (Å²) in [6.45, 7) is 14.3. The molecule has 12 rings (SSSR count). The summed E-state index contributed by atoms with van der Waals surface area (Å²) in [5.41, 5.74) is 28.7. The highest BCUT2D eigenvalue weighted by Gasteiger charge is 2.39. The van der Waals surface area contributed by atoms with Crippen LogP contribution >= 0.6 is 0 Å². The summed E-state index contributed by atoms with van der Waals surface area (Å²) in [4.78, 5) is 0. The van der Waals surface area contributed by atoms with E-state index in [0.717, 1.165) is 0 Å². The molecule has 3 aliphatic carbocycles. The molecule has 0 nitrogen and oxygen atoms in total. The summed E-state index contributed by atoms with van der Waals surface area (Å²) in [6, 6.07) is 73.4. The van der Waals surface area contributed by atoms with Gasteiger partial charge in [-0.05, 0) is 171 Å². The van der Waals surface area contributed by atoms with Crippen LogP contribution in [0.25, 0.3) is 89.0 Å². The molecule has 0 radical (unpaired) electrons. The predicted octanol–water partition coefficient (Wildman–Crippen LogP) is 16.9. The molecule has 9 aromatic carbocycles. The molecule has 0 aliphatic heterocycles. The van der Waals surface area contributed by atoms with E-state index in [1.54, 1.807) is 0 Å². The molecule has 0 saturated carbocycles. The summed E-state index contributed by atoms with van der Waals surface area (Å²) in [5, 5.41) is 0. The van der Waals surface area contributed by atoms with Crippen LogP contribution < -0.4 is 0 Å². The van der Waals surface area contributed by atoms with Gasteiger partial charge in [0.1, 0.15) is 0 Å². The van der Waals surface area contributed by atoms with Crippen molar-refractivity contribution in [1.82, 2.24) is 0 Å². The summed E-state index contributed by atoms with van der Waals surface area (Å²) in [6.07, 6.45) is 0. The molecule has 302 valence electrons. The number of rotatable bonds is 5. The zero-order valence-corrected chi connectivity index (χ0v) is 37.0. The maximum atomic E-state index is 2.48. The zero-order chi connectivity index (χ0) is 42.8. The molecule has 3 aliphatic rings. The second-order valence-corrected chi connectivity index (χ2v) is 19.8. The third-order valence-electron chi connectivity index (χ3n) is 15.1. The highest BCUT2D eigenvalue weighted by atomic mass is 14.4. The fraction of sp³-hybridized carbons (Fsp3) is 0.143. The lowest BCUT2D eigenvalue weighted by atomic mass is 9.79. The lowest BCUT2D eigenvalue weighted by Crippen LogP contribution is -2.15. The number of benzene rings is 9. The third kappa shape index (κ3) is 5.67. The molecule has 63 heavy (non-hydrogen) atoms. The molecule has 0 amide bonds. The van der Waals surface area contributed by atoms with Gasteiger partial charge in [0.2, 0.25) is 0 Å². The van der Waals surface area contributed by atoms with E-state index in [9.17, 15) is 0 Å². The van der Waals surface area contributed by atoms with Gasteiger partial charge in [0.15, 0.2) is 0 Å². The first kappa shape index (κ1) is 37.7. The average molecular weight is 807 g/mol. The minimum atomic E-state index is -0.169. The minimum Gasteiger partial charge on any atom is -0.0622 e. The Kier molecular flexibility index (Phi) is 8.08. The van der Waals surface area contributed by atoms with Gasteiger partial charge in [-0.2, -0.15) is 0 Å². The Morgan fingerprint density at radius 1 is 0.190 bits per heavy atom. The molecule has 9 aromatic rings. The fourth-order valence-corrected chi connectivity index (χ4v) is 11.5. The largest absolute Gasteiger partial charge is 0.0622 e. The van der Waals surface area contributed by atoms with Crippen molar-refractivity contribution >= 4 is 0 Å². The molecule has 0 heterocycles. The molecule has 0 saturated heterocycles. The van der Waals surface area contributed by atoms with Crippen LogP contribution in [0.3, 0.4) is 0 Å². The van der Waals surface area contributed by atoms with Crippen molar-refractivity contribution in [2.45, 2.75) is 57.8 Å². The summed E-state index contributed by atoms with van der Waals surface area (Å²) < 4.78 is 0. The van der Waals surface area contributed by atoms with Crippen molar-refractivity contribution in [3.05, 3.63) is 228 Å². The van der Waals surface area contributed by atoms with Crippen molar-refractivity contribution in [2.24, 2.45) is 0 Å². The molecule has 0 aromatic heterocycles. The first-order valence-corrected chi connectivity index (χ1v) is 22.6. The maximum absolute atomic E-state index is 2.48. The van der Waals surface area contributed by atoms with E-state index in [2.05, 4.69) is 236 Å². The van der Waals surface area contributed by atoms with Gasteiger partial charge in [-0.3, -0.25) is 0 Å². The molecule has 0 N–H and O–H groups in total. The molecule has 0 fully saturated rings. The van der Waals surface area contributed by atoms with Crippen LogP contribution in [0.5, 0.6) is 0 Å². The lowest BCUT2D eigenvalue weighted by molar-refractivity contribution is 0.660. The molecule has 0 heteroatoms. The Bertz CT molecular complexity index is 3340. The second kappa shape index (κ2) is 13.5. The van der Waals surface area contributed by atoms with Crippen LogP contribution in [0.4, 0.5) is 0 Å². The molecule has 0 spiro atoms. The Labute approximate surface area is 372 Å². The van der Waals surface area contributed by atoms with Crippen LogP contribution in [-0.4, -0.2) is 0 Å². The summed E-state index contributed by atoms with van der Waals surface area (Å²) in [5.74, 6) is 0. The van der Waals surface area contributed by atoms with Crippen molar-refractivity contribution in [3.63, 3.8) is 0 Å². The quantitative estimate of drug-likeness (QED) is 0.163. The van der Waals surface area contributed by atoms with Crippen molar-refractivity contribution < 1.29 is 0 Å². The van der Waals surface area contributed by atoms with E-state index in [0.29, 0.717) is 0 Å². The fourth-order valence-electron chi connectivity index (χ4n) is 11.5. The monoisotopic (exact) mass is 806 g/mol. The SMILES string of the molecule is CC1(C)c2ccccc2-c2ccc(-c3cc(-c4ccccc4)cc(-c4ccc5c(c4)C(C)(C)c4cc(-c6ccc7c(c6)C(C)(C)c6cc(-c8ccccc8)ccc6-7)ccc4-5)c3)cc21. The first-order valence-electron chi connectivity index (χ1n) is 22.6. The minimum absolute atomic E-state index is 0.0571. The average Bonchev–Trinajstić information content (AvgIpc) is 3.80. The van der Waals surface area contributed by atoms with Crippen molar-refractivity contribution in [1.29, 1.82) is 0 Å². The van der Waals surface area contributed by atoms with Crippen LogP contribution in [-0.2, 0) is 16.2 Å². The summed E-state index contributed by atoms with van der Waals surface area (Å²) >= 11 is 0. The van der Waals surface area contributed by atoms with Crippen LogP contribution in [0, 0.1) is 0 Å². The van der Waals surface area contributed by atoms with Gasteiger partial charge >= 0.3 is 0 Å². The van der Waals surface area contributed by atoms with E-state index in [1.165, 1.54) is 122 Å². The second-order valence-electron chi connectivity index (χ2n) is 19.8. The molecule has 0 atom stereocenters. The van der Waals surface area contributed by atoms with Gasteiger partial charge in [-0.1, -0.05) is 187 Å². The predicted molar refractivity (Wildman–Crippen MR) is 266 cm³/mol. The van der Waals surface area contributed by atoms with E-state index in [1.807, 2.05) is 0 Å². The normalized spacial score (nSPS) is 15.2. The van der Waals surface area contributed by atoms with Crippen LogP contribution in [0.15, 0.2) is 194 Å². The molecular formula is C63H50. The molecule has 0 bridgehead atoms. The van der Waals surface area contributed by atoms with E-state index in [4.69, 9.17) is 0 Å². The summed E-state index contributed by atoms with van der Waals surface area (Å²) in [7, 11) is 0. The Balaban J connectivity index is 0.907. The number of hydrogen-bond acceptors (Lipinski definition) is 0. The highest BCUT2D eigenvalue weighted by Crippen LogP contribution is 2.54. The van der Waals surface area contributed by atoms with E-state index in [-0.39, 0.29) is 16.2 Å². The zero-order valence-electron chi connectivity index (χ0n) is 37.0. The number of fused-ring (bicyclic) bond motifs is 9. The lowest BCUT2D eigenvalue weighted by Gasteiger charge is -2.24. The van der Waals surface area contributed by atoms with E-state index >= 15 is 0 Å². The Morgan fingerprint density at radius 2 is 0.444 bits per heavy atom. The van der Waals surface area contributed by atoms with Gasteiger partial charge in [0, 0.05) is 16.2 Å². The smallest absolute Gasteiger partial charge is 0.0159 e. The van der Waals surface area contributed by atoms with Gasteiger partial charge in [0.05, 0.1) is 0 Å². The van der Waals surface area contributed by atoms with Gasteiger partial charge in [-0.15, -0.1) is 0 Å². The van der Waals surface area contributed by atoms with Crippen LogP contribution in [0.1, 0.15) is 74.9 Å². The van der Waals surface area contributed by atoms with E-state index < -0.39 is 0 Å². The van der Waals surface area contributed by atoms with Crippen molar-refractivity contribution in [3.8, 4) is 89.0 Å². The standard InChI is InChI=1S/C63H50/c1-61(2)55-20-14-13-19-49(55)50-29-24-44(37-56(50)61)47-31-46(40-17-11-8-12-18-40)32-48(33-47)45-25-30-54-53-28-23-43(36-59(53)63(5,6)60(54)38-45)42-22-27-52-51-26-21-41(39-15-9-7-10-16-39)34-57(51)62(3,4)58(52)35-42/h7-38H,1-6H3. The Morgan fingerprint density at radius 3 is 0.825 bits per heavy atom. The molecule has 0 unspecified atom stereocenters. The number of hydrogen-bond donors (Lipinski definition) is 0. The van der Waals surface area contributed by atoms with Gasteiger partial charge in [-0.25, -0.2) is 0 Å². The van der Waals surface area contributed by atoms with Crippen molar-refractivity contribution in [2.75, 3.05) is 0 Å². The van der Waals surface area contributed by atoms with Gasteiger partial charge < -0.3 is 0 Å². The Hall–Kier alpha value is -7.02. The van der Waals surface area contributed by atoms with Gasteiger partial charge in [0.25, 0.3) is 0 Å².